The summed E-state index contributed by atoms with van der Waals surface area (Å²) in [4.78, 5) is 0.218. The molecular weight excluding hydrogens is 349 g/mol. The van der Waals surface area contributed by atoms with E-state index in [-0.39, 0.29) is 16.8 Å². The lowest BCUT2D eigenvalue weighted by atomic mass is 10.0. The maximum Gasteiger partial charge on any atom is 0.243 e. The van der Waals surface area contributed by atoms with Crippen molar-refractivity contribution in [2.45, 2.75) is 36.6 Å². The first-order valence-corrected chi connectivity index (χ1v) is 9.83. The van der Waals surface area contributed by atoms with E-state index < -0.39 is 10.0 Å². The van der Waals surface area contributed by atoms with Crippen LogP contribution in [0.15, 0.2) is 53.4 Å². The molecule has 2 aromatic rings. The number of nitrogens with zero attached hydrogens (tertiary/aromatic N) is 1. The Labute approximate surface area is 147 Å². The molecule has 0 unspecified atom stereocenters. The number of hydrogen-bond donors (Lipinski definition) is 0. The molecule has 2 aromatic carbocycles. The number of halogens is 2. The molecule has 1 atom stereocenters. The summed E-state index contributed by atoms with van der Waals surface area (Å²) in [7, 11) is -3.66. The van der Waals surface area contributed by atoms with Crippen LogP contribution in [-0.2, 0) is 10.0 Å². The van der Waals surface area contributed by atoms with Crippen LogP contribution in [-0.4, -0.2) is 19.3 Å². The second kappa shape index (κ2) is 7.21. The minimum Gasteiger partial charge on any atom is -0.207 e. The zero-order valence-corrected chi connectivity index (χ0v) is 14.7. The van der Waals surface area contributed by atoms with E-state index in [2.05, 4.69) is 0 Å². The van der Waals surface area contributed by atoms with Gasteiger partial charge in [0.25, 0.3) is 0 Å². The summed E-state index contributed by atoms with van der Waals surface area (Å²) in [6.45, 7) is 0.437. The largest absolute Gasteiger partial charge is 0.243 e. The number of benzene rings is 2. The van der Waals surface area contributed by atoms with Gasteiger partial charge in [-0.1, -0.05) is 36.6 Å². The van der Waals surface area contributed by atoms with Gasteiger partial charge in [-0.15, -0.1) is 0 Å². The Morgan fingerprint density at radius 1 is 1.04 bits per heavy atom. The van der Waals surface area contributed by atoms with E-state index in [0.29, 0.717) is 23.6 Å². The summed E-state index contributed by atoms with van der Waals surface area (Å²) in [6.07, 6.45) is 3.39. The van der Waals surface area contributed by atoms with Crippen molar-refractivity contribution in [1.82, 2.24) is 4.31 Å². The fourth-order valence-corrected chi connectivity index (χ4v) is 4.97. The monoisotopic (exact) mass is 367 g/mol. The van der Waals surface area contributed by atoms with E-state index in [4.69, 9.17) is 11.6 Å². The van der Waals surface area contributed by atoms with Gasteiger partial charge in [0.1, 0.15) is 5.82 Å². The fraction of sp³-hybridized carbons (Fsp3) is 0.333. The van der Waals surface area contributed by atoms with Crippen molar-refractivity contribution < 1.29 is 12.8 Å². The van der Waals surface area contributed by atoms with Gasteiger partial charge in [0.2, 0.25) is 10.0 Å². The van der Waals surface area contributed by atoms with Crippen LogP contribution in [0.4, 0.5) is 4.39 Å². The van der Waals surface area contributed by atoms with Crippen molar-refractivity contribution in [2.24, 2.45) is 0 Å². The van der Waals surface area contributed by atoms with Gasteiger partial charge in [0.05, 0.1) is 10.9 Å². The summed E-state index contributed by atoms with van der Waals surface area (Å²) in [5.74, 6) is -0.347. The Hall–Kier alpha value is -1.43. The highest BCUT2D eigenvalue weighted by atomic mass is 35.5. The molecule has 3 rings (SSSR count). The summed E-state index contributed by atoms with van der Waals surface area (Å²) < 4.78 is 41.4. The van der Waals surface area contributed by atoms with Crippen LogP contribution in [0.25, 0.3) is 0 Å². The first-order valence-electron chi connectivity index (χ1n) is 8.01. The standard InChI is InChI=1S/C18H19ClFNO2S/c19-15-8-10-17(11-9-15)24(22,23)21-12-3-1-2-7-18(21)14-5-4-6-16(20)13-14/h4-6,8-11,13,18H,1-3,7,12H2/t18-/m1/s1. The van der Waals surface area contributed by atoms with Gasteiger partial charge < -0.3 is 0 Å². The van der Waals surface area contributed by atoms with Crippen LogP contribution < -0.4 is 0 Å². The number of rotatable bonds is 3. The van der Waals surface area contributed by atoms with Crippen molar-refractivity contribution in [2.75, 3.05) is 6.54 Å². The minimum absolute atomic E-state index is 0.218. The van der Waals surface area contributed by atoms with Crippen LogP contribution in [0, 0.1) is 5.82 Å². The molecule has 24 heavy (non-hydrogen) atoms. The molecule has 1 aliphatic rings. The van der Waals surface area contributed by atoms with Crippen LogP contribution >= 0.6 is 11.6 Å². The van der Waals surface area contributed by atoms with Crippen molar-refractivity contribution in [1.29, 1.82) is 0 Å². The Morgan fingerprint density at radius 3 is 2.50 bits per heavy atom. The zero-order chi connectivity index (χ0) is 17.2. The molecule has 0 saturated carbocycles. The fourth-order valence-electron chi connectivity index (χ4n) is 3.16. The van der Waals surface area contributed by atoms with Crippen molar-refractivity contribution in [3.63, 3.8) is 0 Å². The van der Waals surface area contributed by atoms with E-state index >= 15 is 0 Å². The molecule has 1 fully saturated rings. The van der Waals surface area contributed by atoms with Crippen LogP contribution in [0.1, 0.15) is 37.3 Å². The lowest BCUT2D eigenvalue weighted by molar-refractivity contribution is 0.328. The molecule has 0 aromatic heterocycles. The summed E-state index contributed by atoms with van der Waals surface area (Å²) in [5.41, 5.74) is 0.703. The molecule has 0 bridgehead atoms. The topological polar surface area (TPSA) is 37.4 Å². The quantitative estimate of drug-likeness (QED) is 0.782. The third kappa shape index (κ3) is 3.63. The van der Waals surface area contributed by atoms with Gasteiger partial charge in [-0.05, 0) is 54.8 Å². The molecule has 1 heterocycles. The smallest absolute Gasteiger partial charge is 0.207 e. The van der Waals surface area contributed by atoms with E-state index in [1.165, 1.54) is 28.6 Å². The zero-order valence-electron chi connectivity index (χ0n) is 13.2. The molecule has 6 heteroatoms. The van der Waals surface area contributed by atoms with Crippen molar-refractivity contribution in [3.05, 3.63) is 64.9 Å². The molecule has 128 valence electrons. The Balaban J connectivity index is 2.02. The number of hydrogen-bond acceptors (Lipinski definition) is 2. The summed E-state index contributed by atoms with van der Waals surface area (Å²) >= 11 is 5.87. The third-order valence-corrected chi connectivity index (χ3v) is 6.53. The lowest BCUT2D eigenvalue weighted by Gasteiger charge is -2.29. The van der Waals surface area contributed by atoms with Crippen LogP contribution in [0.3, 0.4) is 0 Å². The van der Waals surface area contributed by atoms with E-state index in [1.807, 2.05) is 0 Å². The second-order valence-electron chi connectivity index (χ2n) is 5.99. The van der Waals surface area contributed by atoms with Crippen molar-refractivity contribution >= 4 is 21.6 Å². The Bertz CT molecular complexity index is 808. The second-order valence-corrected chi connectivity index (χ2v) is 8.32. The normalized spacial score (nSPS) is 19.8. The van der Waals surface area contributed by atoms with Gasteiger partial charge in [0.15, 0.2) is 0 Å². The van der Waals surface area contributed by atoms with Gasteiger partial charge in [-0.25, -0.2) is 12.8 Å². The lowest BCUT2D eigenvalue weighted by Crippen LogP contribution is -2.34. The first-order chi connectivity index (χ1) is 11.5. The molecule has 0 amide bonds. The minimum atomic E-state index is -3.66. The predicted octanol–water partition coefficient (Wildman–Crippen LogP) is 4.79. The average molecular weight is 368 g/mol. The molecular formula is C18H19ClFNO2S. The molecule has 1 saturated heterocycles. The molecule has 0 aliphatic carbocycles. The van der Waals surface area contributed by atoms with Gasteiger partial charge in [0, 0.05) is 11.6 Å². The highest BCUT2D eigenvalue weighted by molar-refractivity contribution is 7.89. The highest BCUT2D eigenvalue weighted by Crippen LogP contribution is 2.35. The maximum absolute atomic E-state index is 13.6. The van der Waals surface area contributed by atoms with Gasteiger partial charge >= 0.3 is 0 Å². The third-order valence-electron chi connectivity index (χ3n) is 4.36. The predicted molar refractivity (Wildman–Crippen MR) is 93.0 cm³/mol. The Kier molecular flexibility index (Phi) is 5.23. The van der Waals surface area contributed by atoms with E-state index in [1.54, 1.807) is 24.3 Å². The molecule has 0 spiro atoms. The molecule has 3 nitrogen and oxygen atoms in total. The van der Waals surface area contributed by atoms with Crippen LogP contribution in [0.2, 0.25) is 5.02 Å². The SMILES string of the molecule is O=S(=O)(c1ccc(Cl)cc1)N1CCCCC[C@@H]1c1cccc(F)c1. The molecule has 0 N–H and O–H groups in total. The Morgan fingerprint density at radius 2 is 1.79 bits per heavy atom. The molecule has 0 radical (unpaired) electrons. The number of sulfonamides is 1. The highest BCUT2D eigenvalue weighted by Gasteiger charge is 2.33. The first kappa shape index (κ1) is 17.4. The summed E-state index contributed by atoms with van der Waals surface area (Å²) in [6, 6.07) is 12.1. The van der Waals surface area contributed by atoms with Gasteiger partial charge in [-0.3, -0.25) is 0 Å². The maximum atomic E-state index is 13.6. The van der Waals surface area contributed by atoms with Crippen LogP contribution in [0.5, 0.6) is 0 Å². The average Bonchev–Trinajstić information content (AvgIpc) is 2.81. The molecule has 1 aliphatic heterocycles. The van der Waals surface area contributed by atoms with E-state index in [9.17, 15) is 12.8 Å². The van der Waals surface area contributed by atoms with Gasteiger partial charge in [-0.2, -0.15) is 4.31 Å². The van der Waals surface area contributed by atoms with Crippen molar-refractivity contribution in [3.8, 4) is 0 Å². The van der Waals surface area contributed by atoms with E-state index in [0.717, 1.165) is 19.3 Å². The summed E-state index contributed by atoms with van der Waals surface area (Å²) in [5, 5.41) is 0.492.